The number of hydrogen-bond donors (Lipinski definition) is 2. The van der Waals surface area contributed by atoms with Crippen LogP contribution in [0, 0.1) is 0 Å². The zero-order valence-corrected chi connectivity index (χ0v) is 16.0. The van der Waals surface area contributed by atoms with E-state index in [4.69, 9.17) is 10.2 Å². The highest BCUT2D eigenvalue weighted by atomic mass is 32.2. The number of rotatable bonds is 6. The number of amides is 1. The number of nitrogens with one attached hydrogen (secondary N) is 1. The molecule has 0 radical (unpaired) electrons. The van der Waals surface area contributed by atoms with E-state index in [0.717, 1.165) is 0 Å². The third kappa shape index (κ3) is 4.38. The Hall–Kier alpha value is -2.20. The zero-order chi connectivity index (χ0) is 19.4. The van der Waals surface area contributed by atoms with Crippen molar-refractivity contribution in [3.8, 4) is 0 Å². The monoisotopic (exact) mass is 392 g/mol. The lowest BCUT2D eigenvalue weighted by atomic mass is 10.2. The van der Waals surface area contributed by atoms with Crippen LogP contribution in [0.3, 0.4) is 0 Å². The van der Waals surface area contributed by atoms with Crippen LogP contribution in [0.15, 0.2) is 45.9 Å². The van der Waals surface area contributed by atoms with Crippen molar-refractivity contribution in [2.75, 3.05) is 33.2 Å². The van der Waals surface area contributed by atoms with Gasteiger partial charge >= 0.3 is 0 Å². The Morgan fingerprint density at radius 1 is 1.22 bits per heavy atom. The highest BCUT2D eigenvalue weighted by molar-refractivity contribution is 7.89. The van der Waals surface area contributed by atoms with E-state index in [1.54, 1.807) is 30.3 Å². The maximum atomic E-state index is 13.0. The van der Waals surface area contributed by atoms with E-state index < -0.39 is 10.0 Å². The van der Waals surface area contributed by atoms with Crippen LogP contribution in [0.1, 0.15) is 21.7 Å². The van der Waals surface area contributed by atoms with E-state index in [0.29, 0.717) is 43.1 Å². The predicted molar refractivity (Wildman–Crippen MR) is 100 cm³/mol. The van der Waals surface area contributed by atoms with Crippen LogP contribution < -0.4 is 11.1 Å². The molecule has 3 rings (SSSR count). The minimum Gasteiger partial charge on any atom is -0.467 e. The normalized spacial score (nSPS) is 16.4. The summed E-state index contributed by atoms with van der Waals surface area (Å²) in [5.41, 5.74) is 6.38. The van der Waals surface area contributed by atoms with Crippen molar-refractivity contribution in [3.63, 3.8) is 0 Å². The minimum atomic E-state index is -3.61. The van der Waals surface area contributed by atoms with Gasteiger partial charge in [-0.05, 0) is 24.7 Å². The van der Waals surface area contributed by atoms with Crippen LogP contribution in [0.4, 0.5) is 0 Å². The lowest BCUT2D eigenvalue weighted by Crippen LogP contribution is -2.47. The molecule has 3 N–H and O–H groups in total. The van der Waals surface area contributed by atoms with Gasteiger partial charge < -0.3 is 20.4 Å². The molecule has 8 nitrogen and oxygen atoms in total. The van der Waals surface area contributed by atoms with Crippen molar-refractivity contribution in [2.24, 2.45) is 5.73 Å². The highest BCUT2D eigenvalue weighted by Gasteiger charge is 2.29. The first kappa shape index (κ1) is 19.6. The maximum Gasteiger partial charge on any atom is 0.254 e. The van der Waals surface area contributed by atoms with Crippen LogP contribution in [0.25, 0.3) is 0 Å². The number of sulfonamides is 1. The summed E-state index contributed by atoms with van der Waals surface area (Å²) >= 11 is 0. The van der Waals surface area contributed by atoms with Crippen molar-refractivity contribution in [1.82, 2.24) is 14.5 Å². The van der Waals surface area contributed by atoms with Crippen molar-refractivity contribution in [2.45, 2.75) is 18.0 Å². The van der Waals surface area contributed by atoms with Gasteiger partial charge in [-0.15, -0.1) is 0 Å². The molecule has 0 atom stereocenters. The number of likely N-dealkylation sites (N-methyl/N-ethyl adjacent to an activating group) is 1. The molecule has 1 aliphatic heterocycles. The molecule has 1 amide bonds. The third-order valence-electron chi connectivity index (χ3n) is 4.61. The van der Waals surface area contributed by atoms with Crippen molar-refractivity contribution in [3.05, 3.63) is 53.5 Å². The van der Waals surface area contributed by atoms with Gasteiger partial charge in [-0.2, -0.15) is 4.31 Å². The molecule has 1 fully saturated rings. The van der Waals surface area contributed by atoms with Gasteiger partial charge in [-0.3, -0.25) is 4.79 Å². The molecule has 27 heavy (non-hydrogen) atoms. The fourth-order valence-corrected chi connectivity index (χ4v) is 4.60. The summed E-state index contributed by atoms with van der Waals surface area (Å²) in [4.78, 5) is 14.6. The lowest BCUT2D eigenvalue weighted by Gasteiger charge is -2.32. The first-order valence-corrected chi connectivity index (χ1v) is 10.2. The van der Waals surface area contributed by atoms with Crippen LogP contribution >= 0.6 is 0 Å². The summed E-state index contributed by atoms with van der Waals surface area (Å²) < 4.78 is 32.7. The summed E-state index contributed by atoms with van der Waals surface area (Å²) in [6, 6.07) is 8.32. The Balaban J connectivity index is 1.74. The van der Waals surface area contributed by atoms with Crippen LogP contribution in [-0.4, -0.2) is 56.8 Å². The van der Waals surface area contributed by atoms with Gasteiger partial charge in [0.2, 0.25) is 10.0 Å². The first-order chi connectivity index (χ1) is 12.9. The Morgan fingerprint density at radius 3 is 2.59 bits per heavy atom. The zero-order valence-electron chi connectivity index (χ0n) is 15.2. The molecule has 0 bridgehead atoms. The smallest absolute Gasteiger partial charge is 0.254 e. The quantitative estimate of drug-likeness (QED) is 0.745. The molecule has 0 unspecified atom stereocenters. The second-order valence-corrected chi connectivity index (χ2v) is 8.41. The first-order valence-electron chi connectivity index (χ1n) is 8.74. The second-order valence-electron chi connectivity index (χ2n) is 6.50. The third-order valence-corrected chi connectivity index (χ3v) is 6.61. The number of piperazine rings is 1. The Labute approximate surface area is 159 Å². The van der Waals surface area contributed by atoms with E-state index in [1.165, 1.54) is 10.6 Å². The molecule has 1 aromatic heterocycles. The molecule has 1 aliphatic rings. The fraction of sp³-hybridized carbons (Fsp3) is 0.389. The van der Waals surface area contributed by atoms with Gasteiger partial charge in [0, 0.05) is 32.7 Å². The van der Waals surface area contributed by atoms with Gasteiger partial charge in [-0.1, -0.05) is 18.2 Å². The second kappa shape index (κ2) is 8.22. The van der Waals surface area contributed by atoms with E-state index in [-0.39, 0.29) is 23.9 Å². The number of hydrogen-bond acceptors (Lipinski definition) is 6. The number of benzene rings is 1. The molecule has 0 saturated carbocycles. The number of carbonyl (C=O) groups is 1. The topological polar surface area (TPSA) is 109 Å². The molecular weight excluding hydrogens is 368 g/mol. The van der Waals surface area contributed by atoms with Gasteiger partial charge in [0.1, 0.15) is 12.0 Å². The SMILES string of the molecule is CN1CCN(S(=O)(=O)c2ccccc2CNC(=O)c2coc(CN)c2)CC1. The average Bonchev–Trinajstić information content (AvgIpc) is 3.16. The molecule has 146 valence electrons. The van der Waals surface area contributed by atoms with Gasteiger partial charge in [-0.25, -0.2) is 8.42 Å². The van der Waals surface area contributed by atoms with Crippen molar-refractivity contribution < 1.29 is 17.6 Å². The highest BCUT2D eigenvalue weighted by Crippen LogP contribution is 2.21. The minimum absolute atomic E-state index is 0.102. The number of nitrogens with two attached hydrogens (primary N) is 1. The summed E-state index contributed by atoms with van der Waals surface area (Å²) in [5, 5.41) is 2.74. The number of carbonyl (C=O) groups excluding carboxylic acids is 1. The number of furan rings is 1. The summed E-state index contributed by atoms with van der Waals surface area (Å²) in [6.07, 6.45) is 1.34. The Kier molecular flexibility index (Phi) is 5.95. The predicted octanol–water partition coefficient (Wildman–Crippen LogP) is 0.604. The summed E-state index contributed by atoms with van der Waals surface area (Å²) in [7, 11) is -1.64. The standard InChI is InChI=1S/C18H24N4O4S/c1-21-6-8-22(9-7-21)27(24,25)17-5-3-2-4-14(17)12-20-18(23)15-10-16(11-19)26-13-15/h2-5,10,13H,6-9,11-12,19H2,1H3,(H,20,23). The summed E-state index contributed by atoms with van der Waals surface area (Å²) in [6.45, 7) is 2.61. The Bertz CT molecular complexity index is 902. The Morgan fingerprint density at radius 2 is 1.93 bits per heavy atom. The van der Waals surface area contributed by atoms with Gasteiger partial charge in [0.05, 0.1) is 17.0 Å². The molecule has 1 saturated heterocycles. The molecule has 9 heteroatoms. The lowest BCUT2D eigenvalue weighted by molar-refractivity contribution is 0.0950. The fourth-order valence-electron chi connectivity index (χ4n) is 2.95. The van der Waals surface area contributed by atoms with E-state index in [2.05, 4.69) is 10.2 Å². The average molecular weight is 392 g/mol. The molecule has 0 aliphatic carbocycles. The van der Waals surface area contributed by atoms with Crippen molar-refractivity contribution in [1.29, 1.82) is 0 Å². The van der Waals surface area contributed by atoms with E-state index in [1.807, 2.05) is 7.05 Å². The molecule has 2 aromatic rings. The molecule has 2 heterocycles. The van der Waals surface area contributed by atoms with E-state index >= 15 is 0 Å². The number of nitrogens with zero attached hydrogens (tertiary/aromatic N) is 2. The maximum absolute atomic E-state index is 13.0. The largest absolute Gasteiger partial charge is 0.467 e. The molecule has 1 aromatic carbocycles. The van der Waals surface area contributed by atoms with Gasteiger partial charge in [0.25, 0.3) is 5.91 Å². The van der Waals surface area contributed by atoms with E-state index in [9.17, 15) is 13.2 Å². The molecular formula is C18H24N4O4S. The van der Waals surface area contributed by atoms with Crippen LogP contribution in [-0.2, 0) is 23.1 Å². The van der Waals surface area contributed by atoms with Crippen LogP contribution in [0.2, 0.25) is 0 Å². The van der Waals surface area contributed by atoms with Crippen molar-refractivity contribution >= 4 is 15.9 Å². The van der Waals surface area contributed by atoms with Crippen LogP contribution in [0.5, 0.6) is 0 Å². The van der Waals surface area contributed by atoms with Gasteiger partial charge in [0.15, 0.2) is 0 Å². The molecule has 0 spiro atoms. The summed E-state index contributed by atoms with van der Waals surface area (Å²) in [5.74, 6) is 0.170.